The van der Waals surface area contributed by atoms with Crippen LogP contribution in [-0.4, -0.2) is 30.8 Å². The molecule has 0 fully saturated rings. The third-order valence-corrected chi connectivity index (χ3v) is 4.35. The maximum Gasteiger partial charge on any atom is 0.387 e. The van der Waals surface area contributed by atoms with Gasteiger partial charge in [-0.15, -0.1) is 0 Å². The summed E-state index contributed by atoms with van der Waals surface area (Å²) in [7, 11) is 1.63. The number of methoxy groups -OCH3 is 1. The Labute approximate surface area is 168 Å². The number of aryl methyl sites for hydroxylation is 1. The molecule has 2 rings (SSSR count). The van der Waals surface area contributed by atoms with Gasteiger partial charge in [-0.2, -0.15) is 14.0 Å². The summed E-state index contributed by atoms with van der Waals surface area (Å²) in [5.74, 6) is -0.729. The molecule has 6 nitrogen and oxygen atoms in total. The minimum atomic E-state index is -2.97. The standard InChI is InChI=1S/C21H23F2N3O3/c1-13-8-16(15(3)26(13)14(2)12-28-4)9-17(11-24)20(27)25-18-6-5-7-19(10-18)29-21(22)23/h5-10,14,21H,12H2,1-4H3,(H,25,27)/b17-9+. The Kier molecular flexibility index (Phi) is 7.51. The highest BCUT2D eigenvalue weighted by Crippen LogP contribution is 2.24. The van der Waals surface area contributed by atoms with E-state index in [2.05, 4.69) is 14.6 Å². The fourth-order valence-corrected chi connectivity index (χ4v) is 3.20. The van der Waals surface area contributed by atoms with Gasteiger partial charge in [-0.3, -0.25) is 4.79 Å². The van der Waals surface area contributed by atoms with Crippen LogP contribution in [0.4, 0.5) is 14.5 Å². The van der Waals surface area contributed by atoms with E-state index in [1.807, 2.05) is 32.9 Å². The Morgan fingerprint density at radius 3 is 2.69 bits per heavy atom. The van der Waals surface area contributed by atoms with E-state index in [1.165, 1.54) is 30.3 Å². The molecule has 1 amide bonds. The van der Waals surface area contributed by atoms with Gasteiger partial charge in [-0.25, -0.2) is 0 Å². The number of hydrogen-bond donors (Lipinski definition) is 1. The van der Waals surface area contributed by atoms with Crippen LogP contribution in [0.25, 0.3) is 6.08 Å². The number of nitrogens with one attached hydrogen (secondary N) is 1. The first kappa shape index (κ1) is 22.1. The average molecular weight is 403 g/mol. The maximum atomic E-state index is 12.5. The normalized spacial score (nSPS) is 12.6. The lowest BCUT2D eigenvalue weighted by molar-refractivity contribution is -0.112. The number of nitriles is 1. The number of benzene rings is 1. The Morgan fingerprint density at radius 1 is 1.34 bits per heavy atom. The zero-order valence-electron chi connectivity index (χ0n) is 16.7. The van der Waals surface area contributed by atoms with E-state index in [0.717, 1.165) is 17.0 Å². The van der Waals surface area contributed by atoms with Gasteiger partial charge in [-0.05, 0) is 50.6 Å². The van der Waals surface area contributed by atoms with Crippen LogP contribution >= 0.6 is 0 Å². The SMILES string of the molecule is COCC(C)n1c(C)cc(/C=C(\C#N)C(=O)Nc2cccc(OC(F)F)c2)c1C. The summed E-state index contributed by atoms with van der Waals surface area (Å²) in [4.78, 5) is 12.5. The Morgan fingerprint density at radius 2 is 2.07 bits per heavy atom. The molecular formula is C21H23F2N3O3. The number of alkyl halides is 2. The number of hydrogen-bond acceptors (Lipinski definition) is 4. The molecule has 0 saturated heterocycles. The van der Waals surface area contributed by atoms with Gasteiger partial charge in [0.05, 0.1) is 12.6 Å². The number of amides is 1. The van der Waals surface area contributed by atoms with Crippen molar-refractivity contribution in [1.82, 2.24) is 4.57 Å². The molecule has 29 heavy (non-hydrogen) atoms. The Hall–Kier alpha value is -3.18. The van der Waals surface area contributed by atoms with Crippen molar-refractivity contribution in [2.75, 3.05) is 19.0 Å². The van der Waals surface area contributed by atoms with E-state index in [1.54, 1.807) is 7.11 Å². The van der Waals surface area contributed by atoms with Crippen LogP contribution in [-0.2, 0) is 9.53 Å². The Balaban J connectivity index is 2.25. The van der Waals surface area contributed by atoms with Crippen molar-refractivity contribution in [1.29, 1.82) is 5.26 Å². The summed E-state index contributed by atoms with van der Waals surface area (Å²) in [6.45, 7) is 3.43. The van der Waals surface area contributed by atoms with E-state index >= 15 is 0 Å². The molecule has 1 atom stereocenters. The molecule has 0 bridgehead atoms. The molecule has 1 aromatic heterocycles. The summed E-state index contributed by atoms with van der Waals surface area (Å²) in [6, 6.07) is 9.47. The number of nitrogens with zero attached hydrogens (tertiary/aromatic N) is 2. The number of carbonyl (C=O) groups excluding carboxylic acids is 1. The predicted molar refractivity (Wildman–Crippen MR) is 106 cm³/mol. The zero-order chi connectivity index (χ0) is 21.6. The highest BCUT2D eigenvalue weighted by atomic mass is 19.3. The second-order valence-electron chi connectivity index (χ2n) is 6.53. The van der Waals surface area contributed by atoms with Gasteiger partial charge >= 0.3 is 6.61 Å². The van der Waals surface area contributed by atoms with Crippen LogP contribution in [0.2, 0.25) is 0 Å². The average Bonchev–Trinajstić information content (AvgIpc) is 2.92. The predicted octanol–water partition coefficient (Wildman–Crippen LogP) is 4.46. The van der Waals surface area contributed by atoms with Crippen LogP contribution < -0.4 is 10.1 Å². The Bertz CT molecular complexity index is 945. The topological polar surface area (TPSA) is 76.3 Å². The van der Waals surface area contributed by atoms with Crippen LogP contribution in [0.15, 0.2) is 35.9 Å². The van der Waals surface area contributed by atoms with Gasteiger partial charge in [0.15, 0.2) is 0 Å². The van der Waals surface area contributed by atoms with E-state index < -0.39 is 12.5 Å². The molecule has 8 heteroatoms. The van der Waals surface area contributed by atoms with Gasteiger partial charge in [0.1, 0.15) is 17.4 Å². The van der Waals surface area contributed by atoms with Crippen LogP contribution in [0, 0.1) is 25.2 Å². The van der Waals surface area contributed by atoms with Crippen LogP contribution in [0.5, 0.6) is 5.75 Å². The second-order valence-corrected chi connectivity index (χ2v) is 6.53. The first-order valence-corrected chi connectivity index (χ1v) is 8.92. The molecule has 0 radical (unpaired) electrons. The van der Waals surface area contributed by atoms with Crippen molar-refractivity contribution in [2.45, 2.75) is 33.4 Å². The highest BCUT2D eigenvalue weighted by Gasteiger charge is 2.16. The number of anilines is 1. The van der Waals surface area contributed by atoms with Crippen LogP contribution in [0.3, 0.4) is 0 Å². The van der Waals surface area contributed by atoms with Crippen molar-refractivity contribution in [3.8, 4) is 11.8 Å². The van der Waals surface area contributed by atoms with E-state index in [-0.39, 0.29) is 23.1 Å². The molecule has 1 aromatic carbocycles. The summed E-state index contributed by atoms with van der Waals surface area (Å²) in [5.41, 5.74) is 2.76. The first-order chi connectivity index (χ1) is 13.8. The fraction of sp³-hybridized carbons (Fsp3) is 0.333. The molecule has 2 aromatic rings. The smallest absolute Gasteiger partial charge is 0.387 e. The number of halogens is 2. The number of rotatable bonds is 8. The van der Waals surface area contributed by atoms with Gasteiger partial charge in [0.2, 0.25) is 0 Å². The molecule has 0 aliphatic carbocycles. The zero-order valence-corrected chi connectivity index (χ0v) is 16.7. The highest BCUT2D eigenvalue weighted by molar-refractivity contribution is 6.09. The number of carbonyl (C=O) groups is 1. The van der Waals surface area contributed by atoms with Crippen LogP contribution in [0.1, 0.15) is 29.9 Å². The van der Waals surface area contributed by atoms with Crippen molar-refractivity contribution in [3.63, 3.8) is 0 Å². The molecule has 1 N–H and O–H groups in total. The molecule has 0 aliphatic heterocycles. The fourth-order valence-electron chi connectivity index (χ4n) is 3.20. The third-order valence-electron chi connectivity index (χ3n) is 4.35. The minimum Gasteiger partial charge on any atom is -0.435 e. The molecular weight excluding hydrogens is 380 g/mol. The molecule has 1 heterocycles. The summed E-state index contributed by atoms with van der Waals surface area (Å²) >= 11 is 0. The quantitative estimate of drug-likeness (QED) is 0.522. The van der Waals surface area contributed by atoms with E-state index in [4.69, 9.17) is 4.74 Å². The second kappa shape index (κ2) is 9.85. The van der Waals surface area contributed by atoms with E-state index in [0.29, 0.717) is 6.61 Å². The van der Waals surface area contributed by atoms with Gasteiger partial charge in [0, 0.05) is 30.3 Å². The van der Waals surface area contributed by atoms with Crippen molar-refractivity contribution in [2.24, 2.45) is 0 Å². The van der Waals surface area contributed by atoms with Crippen molar-refractivity contribution >= 4 is 17.7 Å². The lowest BCUT2D eigenvalue weighted by atomic mass is 10.1. The monoisotopic (exact) mass is 403 g/mol. The lowest BCUT2D eigenvalue weighted by Crippen LogP contribution is -2.14. The molecule has 1 unspecified atom stereocenters. The molecule has 154 valence electrons. The van der Waals surface area contributed by atoms with Crippen molar-refractivity contribution in [3.05, 3.63) is 52.9 Å². The summed E-state index contributed by atoms with van der Waals surface area (Å²) < 4.78 is 36.3. The van der Waals surface area contributed by atoms with Gasteiger partial charge in [0.25, 0.3) is 5.91 Å². The van der Waals surface area contributed by atoms with Gasteiger partial charge < -0.3 is 19.4 Å². The lowest BCUT2D eigenvalue weighted by Gasteiger charge is -2.17. The summed E-state index contributed by atoms with van der Waals surface area (Å²) in [5, 5.41) is 12.0. The maximum absolute atomic E-state index is 12.5. The number of ether oxygens (including phenoxy) is 2. The molecule has 0 spiro atoms. The molecule has 0 saturated carbocycles. The third kappa shape index (κ3) is 5.65. The van der Waals surface area contributed by atoms with Crippen molar-refractivity contribution < 1.29 is 23.0 Å². The largest absolute Gasteiger partial charge is 0.435 e. The number of aromatic nitrogens is 1. The first-order valence-electron chi connectivity index (χ1n) is 8.92. The van der Waals surface area contributed by atoms with E-state index in [9.17, 15) is 18.8 Å². The summed E-state index contributed by atoms with van der Waals surface area (Å²) in [6.07, 6.45) is 1.51. The van der Waals surface area contributed by atoms with Gasteiger partial charge in [-0.1, -0.05) is 6.07 Å². The molecule has 0 aliphatic rings. The minimum absolute atomic E-state index is 0.0871.